The molecule has 0 aromatic heterocycles. The van der Waals surface area contributed by atoms with Gasteiger partial charge in [0, 0.05) is 4.47 Å². The van der Waals surface area contributed by atoms with Crippen molar-refractivity contribution in [3.63, 3.8) is 0 Å². The molecular weight excluding hydrogens is 418 g/mol. The minimum Gasteiger partial charge on any atom is -0.481 e. The van der Waals surface area contributed by atoms with E-state index in [9.17, 15) is 9.59 Å². The van der Waals surface area contributed by atoms with Crippen LogP contribution in [0.3, 0.4) is 0 Å². The van der Waals surface area contributed by atoms with E-state index in [1.54, 1.807) is 30.5 Å². The zero-order valence-corrected chi connectivity index (χ0v) is 15.9. The summed E-state index contributed by atoms with van der Waals surface area (Å²) in [4.78, 5) is 25.1. The van der Waals surface area contributed by atoms with Crippen LogP contribution in [-0.2, 0) is 9.59 Å². The standard InChI is InChI=1S/C18H14BrN3O3S/c19-13-8-6-12(7-9-13)11-20-21-18-22(14-4-2-1-3-5-14)17(25)15(26-18)10-16(23)24/h1-9,11,15H,10H2,(H,23,24)/b20-11-,21-18-/t15-/m0/s1. The Bertz CT molecular complexity index is 869. The molecule has 0 radical (unpaired) electrons. The lowest BCUT2D eigenvalue weighted by molar-refractivity contribution is -0.138. The highest BCUT2D eigenvalue weighted by Gasteiger charge is 2.40. The van der Waals surface area contributed by atoms with Gasteiger partial charge in [-0.3, -0.25) is 14.5 Å². The highest BCUT2D eigenvalue weighted by molar-refractivity contribution is 9.10. The van der Waals surface area contributed by atoms with Gasteiger partial charge in [0.25, 0.3) is 0 Å². The number of carbonyl (C=O) groups is 2. The first-order valence-electron chi connectivity index (χ1n) is 7.68. The maximum absolute atomic E-state index is 12.6. The van der Waals surface area contributed by atoms with Crippen LogP contribution >= 0.6 is 27.7 Å². The van der Waals surface area contributed by atoms with E-state index >= 15 is 0 Å². The van der Waals surface area contributed by atoms with Gasteiger partial charge in [0.05, 0.1) is 18.3 Å². The maximum Gasteiger partial charge on any atom is 0.305 e. The van der Waals surface area contributed by atoms with E-state index < -0.39 is 11.2 Å². The van der Waals surface area contributed by atoms with E-state index in [4.69, 9.17) is 5.11 Å². The normalized spacial score (nSPS) is 18.8. The Morgan fingerprint density at radius 3 is 2.54 bits per heavy atom. The van der Waals surface area contributed by atoms with Crippen LogP contribution in [0.4, 0.5) is 5.69 Å². The molecule has 0 spiro atoms. The van der Waals surface area contributed by atoms with Crippen LogP contribution in [0.1, 0.15) is 12.0 Å². The number of carboxylic acid groups (broad SMARTS) is 1. The lowest BCUT2D eigenvalue weighted by Gasteiger charge is -2.15. The molecule has 3 rings (SSSR count). The van der Waals surface area contributed by atoms with Gasteiger partial charge in [-0.05, 0) is 29.8 Å². The van der Waals surface area contributed by atoms with E-state index in [0.29, 0.717) is 10.9 Å². The Balaban J connectivity index is 1.87. The van der Waals surface area contributed by atoms with E-state index in [1.807, 2.05) is 30.3 Å². The molecule has 0 bridgehead atoms. The van der Waals surface area contributed by atoms with Crippen molar-refractivity contribution in [3.8, 4) is 0 Å². The predicted molar refractivity (Wildman–Crippen MR) is 107 cm³/mol. The molecule has 0 saturated carbocycles. The number of para-hydroxylation sites is 1. The Morgan fingerprint density at radius 1 is 1.19 bits per heavy atom. The zero-order chi connectivity index (χ0) is 18.5. The minimum absolute atomic E-state index is 0.262. The molecule has 26 heavy (non-hydrogen) atoms. The summed E-state index contributed by atoms with van der Waals surface area (Å²) in [5.41, 5.74) is 1.50. The van der Waals surface area contributed by atoms with Crippen LogP contribution in [0.15, 0.2) is 69.3 Å². The lowest BCUT2D eigenvalue weighted by atomic mass is 10.2. The van der Waals surface area contributed by atoms with Crippen molar-refractivity contribution in [1.82, 2.24) is 0 Å². The summed E-state index contributed by atoms with van der Waals surface area (Å²) in [7, 11) is 0. The molecule has 2 aromatic rings. The van der Waals surface area contributed by atoms with Gasteiger partial charge in [-0.25, -0.2) is 0 Å². The summed E-state index contributed by atoms with van der Waals surface area (Å²) in [6.45, 7) is 0. The molecule has 0 aliphatic carbocycles. The van der Waals surface area contributed by atoms with Crippen molar-refractivity contribution in [2.24, 2.45) is 10.2 Å². The second kappa shape index (κ2) is 8.29. The summed E-state index contributed by atoms with van der Waals surface area (Å²) < 4.78 is 0.963. The van der Waals surface area contributed by atoms with Crippen LogP contribution < -0.4 is 4.90 Å². The summed E-state index contributed by atoms with van der Waals surface area (Å²) in [6, 6.07) is 16.5. The van der Waals surface area contributed by atoms with E-state index in [1.165, 1.54) is 4.90 Å². The van der Waals surface area contributed by atoms with Crippen LogP contribution in [-0.4, -0.2) is 33.6 Å². The van der Waals surface area contributed by atoms with Crippen LogP contribution in [0.2, 0.25) is 0 Å². The molecule has 6 nitrogen and oxygen atoms in total. The number of aliphatic carboxylic acids is 1. The molecule has 132 valence electrons. The van der Waals surface area contributed by atoms with E-state index in [2.05, 4.69) is 26.1 Å². The van der Waals surface area contributed by atoms with Gasteiger partial charge >= 0.3 is 5.97 Å². The first-order valence-corrected chi connectivity index (χ1v) is 9.36. The molecule has 1 N–H and O–H groups in total. The number of thioether (sulfide) groups is 1. The molecule has 1 heterocycles. The van der Waals surface area contributed by atoms with Gasteiger partial charge in [-0.2, -0.15) is 5.10 Å². The number of halogens is 1. The molecule has 2 aromatic carbocycles. The zero-order valence-electron chi connectivity index (χ0n) is 13.4. The number of carbonyl (C=O) groups excluding carboxylic acids is 1. The molecule has 1 aliphatic heterocycles. The fourth-order valence-corrected chi connectivity index (χ4v) is 3.68. The van der Waals surface area contributed by atoms with E-state index in [0.717, 1.165) is 21.8 Å². The fraction of sp³-hybridized carbons (Fsp3) is 0.111. The monoisotopic (exact) mass is 431 g/mol. The van der Waals surface area contributed by atoms with Crippen molar-refractivity contribution in [2.45, 2.75) is 11.7 Å². The van der Waals surface area contributed by atoms with Crippen LogP contribution in [0.25, 0.3) is 0 Å². The average Bonchev–Trinajstić information content (AvgIpc) is 2.92. The van der Waals surface area contributed by atoms with Gasteiger partial charge in [0.1, 0.15) is 5.25 Å². The fourth-order valence-electron chi connectivity index (χ4n) is 2.33. The SMILES string of the molecule is O=C(O)C[C@@H]1S/C(=N\N=C/c2ccc(Br)cc2)N(c2ccccc2)C1=O. The summed E-state index contributed by atoms with van der Waals surface area (Å²) in [5.74, 6) is -1.33. The largest absolute Gasteiger partial charge is 0.481 e. The maximum atomic E-state index is 12.6. The van der Waals surface area contributed by atoms with Crippen molar-refractivity contribution in [3.05, 3.63) is 64.6 Å². The molecular formula is C18H14BrN3O3S. The third-order valence-electron chi connectivity index (χ3n) is 3.53. The highest BCUT2D eigenvalue weighted by Crippen LogP contribution is 2.33. The average molecular weight is 432 g/mol. The first kappa shape index (κ1) is 18.3. The number of amidine groups is 1. The number of amides is 1. The number of hydrogen-bond donors (Lipinski definition) is 1. The highest BCUT2D eigenvalue weighted by atomic mass is 79.9. The van der Waals surface area contributed by atoms with Gasteiger partial charge in [-0.1, -0.05) is 58.0 Å². The second-order valence-corrected chi connectivity index (χ2v) is 7.48. The molecule has 1 fully saturated rings. The molecule has 1 atom stereocenters. The number of hydrogen-bond acceptors (Lipinski definition) is 5. The molecule has 1 saturated heterocycles. The third-order valence-corrected chi connectivity index (χ3v) is 5.19. The van der Waals surface area contributed by atoms with Gasteiger partial charge < -0.3 is 5.11 Å². The molecule has 1 aliphatic rings. The molecule has 0 unspecified atom stereocenters. The molecule has 1 amide bonds. The molecule has 8 heteroatoms. The second-order valence-electron chi connectivity index (χ2n) is 5.39. The topological polar surface area (TPSA) is 82.3 Å². The smallest absolute Gasteiger partial charge is 0.305 e. The Morgan fingerprint density at radius 2 is 1.88 bits per heavy atom. The number of nitrogens with zero attached hydrogens (tertiary/aromatic N) is 3. The van der Waals surface area contributed by atoms with Crippen LogP contribution in [0.5, 0.6) is 0 Å². The third kappa shape index (κ3) is 4.39. The summed E-state index contributed by atoms with van der Waals surface area (Å²) in [5, 5.41) is 16.9. The summed E-state index contributed by atoms with van der Waals surface area (Å²) >= 11 is 4.48. The van der Waals surface area contributed by atoms with E-state index in [-0.39, 0.29) is 12.3 Å². The van der Waals surface area contributed by atoms with Gasteiger partial charge in [0.15, 0.2) is 5.17 Å². The number of carboxylic acids is 1. The predicted octanol–water partition coefficient (Wildman–Crippen LogP) is 3.76. The van der Waals surface area contributed by atoms with Crippen molar-refractivity contribution < 1.29 is 14.7 Å². The number of rotatable bonds is 5. The lowest BCUT2D eigenvalue weighted by Crippen LogP contribution is -2.32. The van der Waals surface area contributed by atoms with Crippen molar-refractivity contribution in [1.29, 1.82) is 0 Å². The van der Waals surface area contributed by atoms with Crippen LogP contribution in [0, 0.1) is 0 Å². The Labute approximate surface area is 162 Å². The quantitative estimate of drug-likeness (QED) is 0.576. The Kier molecular flexibility index (Phi) is 5.85. The first-order chi connectivity index (χ1) is 12.5. The van der Waals surface area contributed by atoms with Crippen molar-refractivity contribution >= 4 is 56.6 Å². The van der Waals surface area contributed by atoms with Gasteiger partial charge in [0.2, 0.25) is 5.91 Å². The Hall–Kier alpha value is -2.45. The van der Waals surface area contributed by atoms with Crippen molar-refractivity contribution in [2.75, 3.05) is 4.90 Å². The number of anilines is 1. The summed E-state index contributed by atoms with van der Waals surface area (Å²) in [6.07, 6.45) is 1.32. The number of benzene rings is 2. The minimum atomic E-state index is -1.02. The van der Waals surface area contributed by atoms with Gasteiger partial charge in [-0.15, -0.1) is 5.10 Å².